The molecule has 0 aliphatic carbocycles. The fourth-order valence-electron chi connectivity index (χ4n) is 2.71. The molecule has 0 spiro atoms. The maximum atomic E-state index is 10.9. The number of rotatable bonds is 5. The second-order valence-electron chi connectivity index (χ2n) is 5.91. The average molecular weight is 423 g/mol. The van der Waals surface area contributed by atoms with Gasteiger partial charge in [-0.15, -0.1) is 0 Å². The van der Waals surface area contributed by atoms with E-state index in [9.17, 15) is 4.79 Å². The predicted octanol–water partition coefficient (Wildman–Crippen LogP) is 5.08. The Bertz CT molecular complexity index is 1120. The Morgan fingerprint density at radius 2 is 1.85 bits per heavy atom. The second kappa shape index (κ2) is 7.20. The third kappa shape index (κ3) is 3.68. The topological polar surface area (TPSA) is 69.0 Å². The van der Waals surface area contributed by atoms with Crippen molar-refractivity contribution in [2.24, 2.45) is 7.05 Å². The van der Waals surface area contributed by atoms with E-state index in [2.05, 4.69) is 31.2 Å². The van der Waals surface area contributed by atoms with Gasteiger partial charge in [-0.3, -0.25) is 9.78 Å². The summed E-state index contributed by atoms with van der Waals surface area (Å²) < 4.78 is 8.84. The lowest BCUT2D eigenvalue weighted by Gasteiger charge is -2.06. The molecule has 0 aliphatic heterocycles. The van der Waals surface area contributed by atoms with Crippen LogP contribution in [0.5, 0.6) is 11.5 Å². The zero-order valence-corrected chi connectivity index (χ0v) is 16.0. The molecule has 0 bridgehead atoms. The minimum Gasteiger partial charge on any atom is -0.457 e. The van der Waals surface area contributed by atoms with Gasteiger partial charge in [-0.25, -0.2) is 4.98 Å². The van der Waals surface area contributed by atoms with Gasteiger partial charge in [0.1, 0.15) is 17.2 Å². The number of fused-ring (bicyclic) bond motifs is 1. The van der Waals surface area contributed by atoms with Crippen molar-refractivity contribution < 1.29 is 9.53 Å². The molecule has 0 amide bonds. The standard InChI is InChI=1S/C20H15BrN4O2/c1-25-19-7-6-16(27-17-8-9-22-15(10-17)12-26)11-18(19)24-20(25)23-14-4-2-13(21)3-5-14/h2-12H,1H3,(H,23,24). The van der Waals surface area contributed by atoms with E-state index in [-0.39, 0.29) is 0 Å². The highest BCUT2D eigenvalue weighted by atomic mass is 79.9. The maximum Gasteiger partial charge on any atom is 0.208 e. The number of imidazole rings is 1. The quantitative estimate of drug-likeness (QED) is 0.454. The summed E-state index contributed by atoms with van der Waals surface area (Å²) in [6, 6.07) is 16.9. The van der Waals surface area contributed by atoms with Crippen LogP contribution < -0.4 is 10.1 Å². The third-order valence-corrected chi connectivity index (χ3v) is 4.59. The van der Waals surface area contributed by atoms with Crippen LogP contribution >= 0.6 is 15.9 Å². The Morgan fingerprint density at radius 3 is 2.63 bits per heavy atom. The molecule has 2 aromatic carbocycles. The molecule has 134 valence electrons. The molecule has 0 radical (unpaired) electrons. The van der Waals surface area contributed by atoms with Crippen molar-refractivity contribution in [3.63, 3.8) is 0 Å². The van der Waals surface area contributed by atoms with Crippen LogP contribution in [0.1, 0.15) is 10.5 Å². The molecule has 0 fully saturated rings. The van der Waals surface area contributed by atoms with Crippen molar-refractivity contribution in [3.8, 4) is 11.5 Å². The number of carbonyl (C=O) groups is 1. The molecular weight excluding hydrogens is 408 g/mol. The first-order chi connectivity index (χ1) is 13.1. The summed E-state index contributed by atoms with van der Waals surface area (Å²) in [4.78, 5) is 19.4. The predicted molar refractivity (Wildman–Crippen MR) is 108 cm³/mol. The molecule has 2 aromatic heterocycles. The van der Waals surface area contributed by atoms with Gasteiger partial charge in [-0.2, -0.15) is 0 Å². The van der Waals surface area contributed by atoms with Gasteiger partial charge in [0.25, 0.3) is 0 Å². The van der Waals surface area contributed by atoms with Gasteiger partial charge in [-0.1, -0.05) is 15.9 Å². The lowest BCUT2D eigenvalue weighted by Crippen LogP contribution is -1.98. The average Bonchev–Trinajstić information content (AvgIpc) is 2.99. The first-order valence-electron chi connectivity index (χ1n) is 8.20. The van der Waals surface area contributed by atoms with Crippen LogP contribution in [0.4, 0.5) is 11.6 Å². The summed E-state index contributed by atoms with van der Waals surface area (Å²) in [5.41, 5.74) is 3.06. The minimum atomic E-state index is 0.326. The smallest absolute Gasteiger partial charge is 0.208 e. The summed E-state index contributed by atoms with van der Waals surface area (Å²) in [6.07, 6.45) is 2.23. The Morgan fingerprint density at radius 1 is 1.07 bits per heavy atom. The van der Waals surface area contributed by atoms with E-state index in [0.717, 1.165) is 27.1 Å². The van der Waals surface area contributed by atoms with E-state index in [1.54, 1.807) is 18.3 Å². The van der Waals surface area contributed by atoms with Crippen LogP contribution in [0.2, 0.25) is 0 Å². The SMILES string of the molecule is Cn1c(Nc2ccc(Br)cc2)nc2cc(Oc3ccnc(C=O)c3)ccc21. The molecule has 7 heteroatoms. The lowest BCUT2D eigenvalue weighted by atomic mass is 10.3. The Balaban J connectivity index is 1.62. The number of anilines is 2. The van der Waals surface area contributed by atoms with E-state index >= 15 is 0 Å². The lowest BCUT2D eigenvalue weighted by molar-refractivity contribution is 0.111. The molecule has 0 atom stereocenters. The molecule has 0 aliphatic rings. The molecule has 4 rings (SSSR count). The zero-order valence-electron chi connectivity index (χ0n) is 14.4. The molecule has 0 unspecified atom stereocenters. The van der Waals surface area contributed by atoms with E-state index in [0.29, 0.717) is 23.5 Å². The van der Waals surface area contributed by atoms with Crippen molar-refractivity contribution in [1.82, 2.24) is 14.5 Å². The highest BCUT2D eigenvalue weighted by Crippen LogP contribution is 2.28. The van der Waals surface area contributed by atoms with Crippen molar-refractivity contribution in [3.05, 3.63) is 71.0 Å². The van der Waals surface area contributed by atoms with E-state index in [1.807, 2.05) is 54.1 Å². The molecular formula is C20H15BrN4O2. The monoisotopic (exact) mass is 422 g/mol. The van der Waals surface area contributed by atoms with E-state index < -0.39 is 0 Å². The molecule has 1 N–H and O–H groups in total. The van der Waals surface area contributed by atoms with E-state index in [1.165, 1.54) is 0 Å². The van der Waals surface area contributed by atoms with Crippen LogP contribution in [-0.4, -0.2) is 20.8 Å². The fraction of sp³-hybridized carbons (Fsp3) is 0.0500. The van der Waals surface area contributed by atoms with Crippen LogP contribution in [0, 0.1) is 0 Å². The minimum absolute atomic E-state index is 0.326. The number of ether oxygens (including phenoxy) is 1. The number of carbonyl (C=O) groups excluding carboxylic acids is 1. The van der Waals surface area contributed by atoms with Crippen molar-refractivity contribution in [1.29, 1.82) is 0 Å². The fourth-order valence-corrected chi connectivity index (χ4v) is 2.97. The van der Waals surface area contributed by atoms with Crippen LogP contribution in [0.25, 0.3) is 11.0 Å². The summed E-state index contributed by atoms with van der Waals surface area (Å²) in [6.45, 7) is 0. The maximum absolute atomic E-state index is 10.9. The number of halogens is 1. The van der Waals surface area contributed by atoms with E-state index in [4.69, 9.17) is 4.74 Å². The molecule has 0 saturated carbocycles. The van der Waals surface area contributed by atoms with Crippen molar-refractivity contribution in [2.75, 3.05) is 5.32 Å². The third-order valence-electron chi connectivity index (χ3n) is 4.06. The highest BCUT2D eigenvalue weighted by molar-refractivity contribution is 9.10. The van der Waals surface area contributed by atoms with Gasteiger partial charge < -0.3 is 14.6 Å². The number of hydrogen-bond donors (Lipinski definition) is 1. The first kappa shape index (κ1) is 17.2. The largest absolute Gasteiger partial charge is 0.457 e. The number of aldehydes is 1. The van der Waals surface area contributed by atoms with Gasteiger partial charge in [0.15, 0.2) is 6.29 Å². The van der Waals surface area contributed by atoms with Crippen molar-refractivity contribution in [2.45, 2.75) is 0 Å². The number of nitrogens with zero attached hydrogens (tertiary/aromatic N) is 3. The number of pyridine rings is 1. The summed E-state index contributed by atoms with van der Waals surface area (Å²) >= 11 is 3.43. The van der Waals surface area contributed by atoms with Crippen LogP contribution in [0.15, 0.2) is 65.3 Å². The summed E-state index contributed by atoms with van der Waals surface area (Å²) in [7, 11) is 1.95. The summed E-state index contributed by atoms with van der Waals surface area (Å²) in [5.74, 6) is 1.92. The number of nitrogens with one attached hydrogen (secondary N) is 1. The van der Waals surface area contributed by atoms with Crippen molar-refractivity contribution >= 4 is 44.9 Å². The van der Waals surface area contributed by atoms with Gasteiger partial charge >= 0.3 is 0 Å². The number of aryl methyl sites for hydroxylation is 1. The highest BCUT2D eigenvalue weighted by Gasteiger charge is 2.10. The normalized spacial score (nSPS) is 10.7. The molecule has 6 nitrogen and oxygen atoms in total. The second-order valence-corrected chi connectivity index (χ2v) is 6.83. The van der Waals surface area contributed by atoms with Crippen LogP contribution in [0.3, 0.4) is 0 Å². The number of hydrogen-bond acceptors (Lipinski definition) is 5. The number of aromatic nitrogens is 3. The molecule has 2 heterocycles. The first-order valence-corrected chi connectivity index (χ1v) is 9.00. The number of benzene rings is 2. The van der Waals surface area contributed by atoms with Gasteiger partial charge in [0, 0.05) is 35.5 Å². The summed E-state index contributed by atoms with van der Waals surface area (Å²) in [5, 5.41) is 3.32. The molecule has 0 saturated heterocycles. The van der Waals surface area contributed by atoms with Gasteiger partial charge in [0.2, 0.25) is 5.95 Å². The Labute approximate surface area is 164 Å². The zero-order chi connectivity index (χ0) is 18.8. The Kier molecular flexibility index (Phi) is 4.60. The van der Waals surface area contributed by atoms with Crippen LogP contribution in [-0.2, 0) is 7.05 Å². The van der Waals surface area contributed by atoms with Gasteiger partial charge in [0.05, 0.1) is 11.0 Å². The van der Waals surface area contributed by atoms with Gasteiger partial charge in [-0.05, 0) is 42.5 Å². The molecule has 27 heavy (non-hydrogen) atoms. The molecule has 4 aromatic rings. The Hall–Kier alpha value is -3.19.